The number of nitrogens with zero attached hydrogens (tertiary/aromatic N) is 1. The summed E-state index contributed by atoms with van der Waals surface area (Å²) in [6, 6.07) is 16.4. The number of hydrogen-bond acceptors (Lipinski definition) is 5. The molecule has 2 aliphatic carbocycles. The molecule has 0 bridgehead atoms. The molecule has 2 N–H and O–H groups in total. The minimum atomic E-state index is -0.768. The van der Waals surface area contributed by atoms with Gasteiger partial charge in [0.25, 0.3) is 0 Å². The zero-order chi connectivity index (χ0) is 24.4. The van der Waals surface area contributed by atoms with Crippen molar-refractivity contribution in [3.63, 3.8) is 0 Å². The number of fused-ring (bicyclic) bond motifs is 4. The molecule has 0 aromatic heterocycles. The minimum Gasteiger partial charge on any atom is -0.481 e. The Labute approximate surface area is 209 Å². The highest BCUT2D eigenvalue weighted by atomic mass is 32.2. The van der Waals surface area contributed by atoms with Crippen molar-refractivity contribution in [2.45, 2.75) is 25.2 Å². The van der Waals surface area contributed by atoms with Crippen molar-refractivity contribution >= 4 is 29.7 Å². The number of alkyl carbamates (subject to hydrolysis) is 1. The molecule has 1 saturated carbocycles. The SMILES string of the molecule is O=C(NCCSCC(=O)N1CC2CCCC2(C(=O)O)C1)OCC1c2ccccc2-c2ccccc21. The van der Waals surface area contributed by atoms with Gasteiger partial charge >= 0.3 is 12.1 Å². The third kappa shape index (κ3) is 4.51. The maximum Gasteiger partial charge on any atom is 0.407 e. The highest BCUT2D eigenvalue weighted by Gasteiger charge is 2.55. The number of thioether (sulfide) groups is 1. The molecule has 35 heavy (non-hydrogen) atoms. The van der Waals surface area contributed by atoms with Crippen LogP contribution in [0.4, 0.5) is 4.79 Å². The lowest BCUT2D eigenvalue weighted by molar-refractivity contribution is -0.149. The van der Waals surface area contributed by atoms with Crippen molar-refractivity contribution in [1.82, 2.24) is 10.2 Å². The molecular formula is C27H30N2O5S. The number of carbonyl (C=O) groups is 3. The van der Waals surface area contributed by atoms with Crippen LogP contribution in [0.25, 0.3) is 11.1 Å². The standard InChI is InChI=1S/C27H30N2O5S/c30-24(29-14-18-6-5-11-27(18,17-29)25(31)32)16-35-13-12-28-26(33)34-15-23-21-9-3-1-7-19(21)20-8-2-4-10-22(20)23/h1-4,7-10,18,23H,5-6,11-17H2,(H,28,33)(H,31,32). The van der Waals surface area contributed by atoms with Gasteiger partial charge in [-0.15, -0.1) is 0 Å². The molecule has 2 amide bonds. The third-order valence-corrected chi connectivity index (χ3v) is 8.68. The quantitative estimate of drug-likeness (QED) is 0.539. The molecule has 0 spiro atoms. The second kappa shape index (κ2) is 9.93. The average molecular weight is 495 g/mol. The number of ether oxygens (including phenoxy) is 1. The monoisotopic (exact) mass is 494 g/mol. The number of carboxylic acids is 1. The Hall–Kier alpha value is -3.00. The van der Waals surface area contributed by atoms with Crippen molar-refractivity contribution in [1.29, 1.82) is 0 Å². The van der Waals surface area contributed by atoms with E-state index >= 15 is 0 Å². The van der Waals surface area contributed by atoms with Crippen molar-refractivity contribution < 1.29 is 24.2 Å². The molecule has 3 aliphatic rings. The van der Waals surface area contributed by atoms with Gasteiger partial charge in [0, 0.05) is 31.3 Å². The topological polar surface area (TPSA) is 95.9 Å². The summed E-state index contributed by atoms with van der Waals surface area (Å²) >= 11 is 1.44. The predicted octanol–water partition coefficient (Wildman–Crippen LogP) is 3.97. The molecule has 2 aromatic rings. The molecule has 2 fully saturated rings. The Balaban J connectivity index is 1.03. The second-order valence-electron chi connectivity index (χ2n) is 9.63. The highest BCUT2D eigenvalue weighted by Crippen LogP contribution is 2.49. The number of carbonyl (C=O) groups excluding carboxylic acids is 2. The van der Waals surface area contributed by atoms with E-state index in [1.165, 1.54) is 34.0 Å². The van der Waals surface area contributed by atoms with Gasteiger partial charge in [-0.2, -0.15) is 11.8 Å². The Morgan fingerprint density at radius 2 is 1.77 bits per heavy atom. The number of rotatable bonds is 8. The molecule has 7 nitrogen and oxygen atoms in total. The molecule has 184 valence electrons. The summed E-state index contributed by atoms with van der Waals surface area (Å²) in [6.07, 6.45) is 2.01. The van der Waals surface area contributed by atoms with Crippen LogP contribution in [0.3, 0.4) is 0 Å². The summed E-state index contributed by atoms with van der Waals surface area (Å²) < 4.78 is 5.53. The third-order valence-electron chi connectivity index (χ3n) is 7.73. The van der Waals surface area contributed by atoms with E-state index in [1.807, 2.05) is 24.3 Å². The summed E-state index contributed by atoms with van der Waals surface area (Å²) in [6.45, 7) is 1.54. The fourth-order valence-corrected chi connectivity index (χ4v) is 6.70. The first kappa shape index (κ1) is 23.7. The molecule has 8 heteroatoms. The first-order valence-electron chi connectivity index (χ1n) is 12.2. The van der Waals surface area contributed by atoms with Crippen LogP contribution in [0.1, 0.15) is 36.3 Å². The Kier molecular flexibility index (Phi) is 6.73. The van der Waals surface area contributed by atoms with Gasteiger partial charge in [0.2, 0.25) is 5.91 Å². The predicted molar refractivity (Wildman–Crippen MR) is 134 cm³/mol. The zero-order valence-corrected chi connectivity index (χ0v) is 20.4. The van der Waals surface area contributed by atoms with Crippen molar-refractivity contribution in [2.75, 3.05) is 37.7 Å². The summed E-state index contributed by atoms with van der Waals surface area (Å²) in [7, 11) is 0. The van der Waals surface area contributed by atoms with Gasteiger partial charge in [0.05, 0.1) is 11.2 Å². The summed E-state index contributed by atoms with van der Waals surface area (Å²) in [5.74, 6) is 0.172. The molecule has 2 atom stereocenters. The van der Waals surface area contributed by atoms with E-state index in [0.29, 0.717) is 31.8 Å². The van der Waals surface area contributed by atoms with E-state index in [0.717, 1.165) is 12.8 Å². The minimum absolute atomic E-state index is 0.0221. The number of aliphatic carboxylic acids is 1. The van der Waals surface area contributed by atoms with Gasteiger partial charge < -0.3 is 20.1 Å². The Bertz CT molecular complexity index is 1090. The molecule has 1 aliphatic heterocycles. The van der Waals surface area contributed by atoms with Gasteiger partial charge in [-0.25, -0.2) is 4.79 Å². The largest absolute Gasteiger partial charge is 0.481 e. The van der Waals surface area contributed by atoms with E-state index in [9.17, 15) is 19.5 Å². The van der Waals surface area contributed by atoms with Crippen LogP contribution in [0, 0.1) is 11.3 Å². The van der Waals surface area contributed by atoms with Gasteiger partial charge in [-0.3, -0.25) is 9.59 Å². The van der Waals surface area contributed by atoms with E-state index in [-0.39, 0.29) is 30.1 Å². The van der Waals surface area contributed by atoms with Gasteiger partial charge in [-0.05, 0) is 41.0 Å². The lowest BCUT2D eigenvalue weighted by Gasteiger charge is -2.23. The number of benzene rings is 2. The lowest BCUT2D eigenvalue weighted by Crippen LogP contribution is -2.37. The van der Waals surface area contributed by atoms with Crippen LogP contribution in [0.15, 0.2) is 48.5 Å². The van der Waals surface area contributed by atoms with E-state index in [1.54, 1.807) is 4.90 Å². The van der Waals surface area contributed by atoms with Crippen LogP contribution >= 0.6 is 11.8 Å². The normalized spacial score (nSPS) is 22.4. The number of carboxylic acid groups (broad SMARTS) is 1. The molecular weight excluding hydrogens is 464 g/mol. The molecule has 0 radical (unpaired) electrons. The molecule has 1 heterocycles. The number of amides is 2. The highest BCUT2D eigenvalue weighted by molar-refractivity contribution is 7.99. The van der Waals surface area contributed by atoms with Crippen LogP contribution in [-0.2, 0) is 14.3 Å². The lowest BCUT2D eigenvalue weighted by atomic mass is 9.81. The average Bonchev–Trinajstić information content (AvgIpc) is 3.52. The van der Waals surface area contributed by atoms with Crippen LogP contribution in [-0.4, -0.2) is 65.7 Å². The number of nitrogens with one attached hydrogen (secondary N) is 1. The summed E-state index contributed by atoms with van der Waals surface area (Å²) in [5.41, 5.74) is 3.98. The van der Waals surface area contributed by atoms with E-state index in [2.05, 4.69) is 29.6 Å². The van der Waals surface area contributed by atoms with Crippen molar-refractivity contribution in [3.8, 4) is 11.1 Å². The smallest absolute Gasteiger partial charge is 0.407 e. The maximum absolute atomic E-state index is 12.6. The number of hydrogen-bond donors (Lipinski definition) is 2. The maximum atomic E-state index is 12.6. The summed E-state index contributed by atoms with van der Waals surface area (Å²) in [5, 5.41) is 12.5. The van der Waals surface area contributed by atoms with E-state index in [4.69, 9.17) is 4.74 Å². The number of likely N-dealkylation sites (tertiary alicyclic amines) is 1. The fraction of sp³-hybridized carbons (Fsp3) is 0.444. The summed E-state index contributed by atoms with van der Waals surface area (Å²) in [4.78, 5) is 38.4. The first-order chi connectivity index (χ1) is 17.0. The van der Waals surface area contributed by atoms with Gasteiger partial charge in [0.1, 0.15) is 6.61 Å². The van der Waals surface area contributed by atoms with E-state index < -0.39 is 17.5 Å². The molecule has 5 rings (SSSR count). The van der Waals surface area contributed by atoms with Crippen molar-refractivity contribution in [3.05, 3.63) is 59.7 Å². The first-order valence-corrected chi connectivity index (χ1v) is 13.3. The second-order valence-corrected chi connectivity index (χ2v) is 10.7. The Morgan fingerprint density at radius 3 is 2.43 bits per heavy atom. The van der Waals surface area contributed by atoms with Crippen LogP contribution in [0.2, 0.25) is 0 Å². The van der Waals surface area contributed by atoms with Crippen molar-refractivity contribution in [2.24, 2.45) is 11.3 Å². The van der Waals surface area contributed by atoms with Gasteiger partial charge in [0.15, 0.2) is 0 Å². The van der Waals surface area contributed by atoms with Crippen LogP contribution in [0.5, 0.6) is 0 Å². The zero-order valence-electron chi connectivity index (χ0n) is 19.6. The van der Waals surface area contributed by atoms with Gasteiger partial charge in [-0.1, -0.05) is 55.0 Å². The fourth-order valence-electron chi connectivity index (χ4n) is 5.95. The molecule has 1 saturated heterocycles. The molecule has 2 unspecified atom stereocenters. The molecule has 2 aromatic carbocycles. The Morgan fingerprint density at radius 1 is 1.09 bits per heavy atom. The van der Waals surface area contributed by atoms with Crippen LogP contribution < -0.4 is 5.32 Å².